The van der Waals surface area contributed by atoms with Crippen LogP contribution in [0.2, 0.25) is 0 Å². The molecule has 23 heavy (non-hydrogen) atoms. The van der Waals surface area contributed by atoms with Crippen LogP contribution in [0.3, 0.4) is 0 Å². The molecule has 1 amide bonds. The van der Waals surface area contributed by atoms with E-state index in [0.29, 0.717) is 0 Å². The normalized spacial score (nSPS) is 20.6. The summed E-state index contributed by atoms with van der Waals surface area (Å²) in [6, 6.07) is 8.33. The molecule has 0 bridgehead atoms. The minimum absolute atomic E-state index is 0. The minimum Gasteiger partial charge on any atom is -0.326 e. The van der Waals surface area contributed by atoms with Gasteiger partial charge < -0.3 is 15.5 Å². The monoisotopic (exact) mass is 359 g/mol. The number of amides is 1. The van der Waals surface area contributed by atoms with Gasteiger partial charge in [-0.25, -0.2) is 0 Å². The van der Waals surface area contributed by atoms with Crippen molar-refractivity contribution in [3.63, 3.8) is 0 Å². The average Bonchev–Trinajstić information content (AvgIpc) is 3.20. The van der Waals surface area contributed by atoms with Gasteiger partial charge in [0, 0.05) is 18.8 Å². The van der Waals surface area contributed by atoms with Gasteiger partial charge in [0.25, 0.3) is 0 Å². The third-order valence-corrected chi connectivity index (χ3v) is 4.57. The van der Waals surface area contributed by atoms with E-state index in [2.05, 4.69) is 27.7 Å². The van der Waals surface area contributed by atoms with E-state index < -0.39 is 0 Å². The summed E-state index contributed by atoms with van der Waals surface area (Å²) in [7, 11) is 0. The van der Waals surface area contributed by atoms with Crippen LogP contribution in [0.15, 0.2) is 24.3 Å². The predicted octanol–water partition coefficient (Wildman–Crippen LogP) is 2.72. The molecule has 6 heteroatoms. The van der Waals surface area contributed by atoms with Crippen molar-refractivity contribution in [2.45, 2.75) is 25.7 Å². The Morgan fingerprint density at radius 3 is 2.48 bits per heavy atom. The molecule has 130 valence electrons. The molecule has 1 atom stereocenters. The van der Waals surface area contributed by atoms with Crippen molar-refractivity contribution in [1.29, 1.82) is 0 Å². The molecule has 0 aromatic heterocycles. The number of carbonyl (C=O) groups is 1. The molecule has 1 aromatic carbocycles. The lowest BCUT2D eigenvalue weighted by molar-refractivity contribution is -0.119. The maximum absolute atomic E-state index is 12.0. The third-order valence-electron chi connectivity index (χ3n) is 4.57. The van der Waals surface area contributed by atoms with Crippen molar-refractivity contribution in [2.24, 2.45) is 5.92 Å². The van der Waals surface area contributed by atoms with Crippen LogP contribution in [0, 0.1) is 5.92 Å². The maximum atomic E-state index is 12.0. The van der Waals surface area contributed by atoms with Crippen molar-refractivity contribution in [3.05, 3.63) is 29.8 Å². The number of carbonyl (C=O) groups excluding carboxylic acids is 1. The van der Waals surface area contributed by atoms with Gasteiger partial charge in [-0.2, -0.15) is 0 Å². The molecule has 2 heterocycles. The molecule has 0 spiro atoms. The number of rotatable bonds is 5. The summed E-state index contributed by atoms with van der Waals surface area (Å²) in [5, 5.41) is 6.24. The largest absolute Gasteiger partial charge is 0.326 e. The molecular formula is C17H27Cl2N3O. The number of hydrogen-bond donors (Lipinski definition) is 2. The first-order chi connectivity index (χ1) is 10.3. The first kappa shape index (κ1) is 20.2. The summed E-state index contributed by atoms with van der Waals surface area (Å²) in [6.45, 7) is 5.42. The second-order valence-electron chi connectivity index (χ2n) is 6.17. The number of halogens is 2. The smallest absolute Gasteiger partial charge is 0.228 e. The SMILES string of the molecule is Cl.Cl.O=C(Nc1ccc(CCN2CCCC2)cc1)C1CCNC1. The standard InChI is InChI=1S/C17H25N3O.2ClH/c21-17(15-7-9-18-13-15)19-16-5-3-14(4-6-16)8-12-20-10-1-2-11-20;;/h3-6,15,18H,1-2,7-13H2,(H,19,21);2*1H. The zero-order valence-corrected chi connectivity index (χ0v) is 15.1. The summed E-state index contributed by atoms with van der Waals surface area (Å²) in [5.41, 5.74) is 2.26. The molecule has 1 aromatic rings. The Balaban J connectivity index is 0.00000132. The Kier molecular flexibility index (Phi) is 8.92. The lowest BCUT2D eigenvalue weighted by Gasteiger charge is -2.14. The number of benzene rings is 1. The van der Waals surface area contributed by atoms with Crippen molar-refractivity contribution in [1.82, 2.24) is 10.2 Å². The summed E-state index contributed by atoms with van der Waals surface area (Å²) >= 11 is 0. The molecule has 0 aliphatic carbocycles. The average molecular weight is 360 g/mol. The van der Waals surface area contributed by atoms with E-state index >= 15 is 0 Å². The van der Waals surface area contributed by atoms with Crippen LogP contribution in [0.5, 0.6) is 0 Å². The van der Waals surface area contributed by atoms with Gasteiger partial charge in [0.05, 0.1) is 5.92 Å². The molecule has 1 unspecified atom stereocenters. The Morgan fingerprint density at radius 1 is 1.17 bits per heavy atom. The van der Waals surface area contributed by atoms with Crippen LogP contribution < -0.4 is 10.6 Å². The van der Waals surface area contributed by atoms with E-state index in [4.69, 9.17) is 0 Å². The molecule has 0 saturated carbocycles. The molecule has 2 N–H and O–H groups in total. The Bertz CT molecular complexity index is 469. The van der Waals surface area contributed by atoms with E-state index in [1.165, 1.54) is 31.5 Å². The second kappa shape index (κ2) is 10.1. The number of nitrogens with one attached hydrogen (secondary N) is 2. The first-order valence-corrected chi connectivity index (χ1v) is 8.14. The van der Waals surface area contributed by atoms with E-state index in [1.54, 1.807) is 0 Å². The van der Waals surface area contributed by atoms with Gasteiger partial charge in [-0.1, -0.05) is 12.1 Å². The highest BCUT2D eigenvalue weighted by molar-refractivity contribution is 5.92. The predicted molar refractivity (Wildman–Crippen MR) is 99.9 cm³/mol. The van der Waals surface area contributed by atoms with Crippen molar-refractivity contribution >= 4 is 36.4 Å². The Labute approximate surface area is 151 Å². The van der Waals surface area contributed by atoms with Crippen LogP contribution in [0.4, 0.5) is 5.69 Å². The highest BCUT2D eigenvalue weighted by Gasteiger charge is 2.22. The highest BCUT2D eigenvalue weighted by atomic mass is 35.5. The minimum atomic E-state index is 0. The van der Waals surface area contributed by atoms with Gasteiger partial charge >= 0.3 is 0 Å². The van der Waals surface area contributed by atoms with Crippen molar-refractivity contribution < 1.29 is 4.79 Å². The molecule has 0 radical (unpaired) electrons. The molecule has 2 aliphatic rings. The zero-order chi connectivity index (χ0) is 14.5. The molecule has 2 fully saturated rings. The van der Waals surface area contributed by atoms with E-state index in [0.717, 1.165) is 38.2 Å². The second-order valence-corrected chi connectivity index (χ2v) is 6.17. The fraction of sp³-hybridized carbons (Fsp3) is 0.588. The van der Waals surface area contributed by atoms with Crippen molar-refractivity contribution in [3.8, 4) is 0 Å². The van der Waals surface area contributed by atoms with Gasteiger partial charge in [-0.3, -0.25) is 4.79 Å². The fourth-order valence-corrected chi connectivity index (χ4v) is 3.17. The quantitative estimate of drug-likeness (QED) is 0.849. The first-order valence-electron chi connectivity index (χ1n) is 8.14. The lowest BCUT2D eigenvalue weighted by Crippen LogP contribution is -2.24. The Morgan fingerprint density at radius 2 is 1.87 bits per heavy atom. The van der Waals surface area contributed by atoms with E-state index in [1.807, 2.05) is 12.1 Å². The van der Waals surface area contributed by atoms with E-state index in [9.17, 15) is 4.79 Å². The zero-order valence-electron chi connectivity index (χ0n) is 13.4. The number of nitrogens with zero attached hydrogens (tertiary/aromatic N) is 1. The topological polar surface area (TPSA) is 44.4 Å². The number of likely N-dealkylation sites (tertiary alicyclic amines) is 1. The van der Waals surface area contributed by atoms with Crippen molar-refractivity contribution in [2.75, 3.05) is 38.0 Å². The maximum Gasteiger partial charge on any atom is 0.228 e. The van der Waals surface area contributed by atoms with Gasteiger partial charge in [0.15, 0.2) is 0 Å². The van der Waals surface area contributed by atoms with E-state index in [-0.39, 0.29) is 36.6 Å². The number of hydrogen-bond acceptors (Lipinski definition) is 3. The molecule has 2 saturated heterocycles. The summed E-state index contributed by atoms with van der Waals surface area (Å²) in [6.07, 6.45) is 4.74. The highest BCUT2D eigenvalue weighted by Crippen LogP contribution is 2.15. The fourth-order valence-electron chi connectivity index (χ4n) is 3.17. The van der Waals surface area contributed by atoms with Gasteiger partial charge in [0.2, 0.25) is 5.91 Å². The lowest BCUT2D eigenvalue weighted by atomic mass is 10.1. The Hall–Kier alpha value is -0.810. The molecule has 3 rings (SSSR count). The van der Waals surface area contributed by atoms with Gasteiger partial charge in [-0.15, -0.1) is 24.8 Å². The number of anilines is 1. The van der Waals surface area contributed by atoms with Crippen LogP contribution in [-0.4, -0.2) is 43.5 Å². The summed E-state index contributed by atoms with van der Waals surface area (Å²) in [4.78, 5) is 14.6. The molecular weight excluding hydrogens is 333 g/mol. The van der Waals surface area contributed by atoms with Crippen LogP contribution >= 0.6 is 24.8 Å². The van der Waals surface area contributed by atoms with Gasteiger partial charge in [-0.05, 0) is 63.0 Å². The van der Waals surface area contributed by atoms with Gasteiger partial charge in [0.1, 0.15) is 0 Å². The molecule has 2 aliphatic heterocycles. The van der Waals surface area contributed by atoms with Crippen LogP contribution in [0.1, 0.15) is 24.8 Å². The third kappa shape index (κ3) is 5.96. The van der Waals surface area contributed by atoms with Crippen LogP contribution in [-0.2, 0) is 11.2 Å². The molecule has 4 nitrogen and oxygen atoms in total. The summed E-state index contributed by atoms with van der Waals surface area (Å²) in [5.74, 6) is 0.268. The summed E-state index contributed by atoms with van der Waals surface area (Å²) < 4.78 is 0. The van der Waals surface area contributed by atoms with Crippen LogP contribution in [0.25, 0.3) is 0 Å².